The number of methoxy groups -OCH3 is 2. The Balaban J connectivity index is 1.45. The van der Waals surface area contributed by atoms with Crippen LogP contribution in [0.4, 0.5) is 8.78 Å². The molecule has 0 radical (unpaired) electrons. The largest absolute Gasteiger partial charge is 0.493 e. The van der Waals surface area contributed by atoms with Crippen molar-refractivity contribution in [1.29, 1.82) is 0 Å². The van der Waals surface area contributed by atoms with Crippen LogP contribution in [0.1, 0.15) is 30.1 Å². The molecule has 3 aromatic rings. The van der Waals surface area contributed by atoms with Crippen LogP contribution < -0.4 is 18.9 Å². The van der Waals surface area contributed by atoms with Crippen LogP contribution in [0.15, 0.2) is 53.7 Å². The lowest BCUT2D eigenvalue weighted by atomic mass is 10.0. The molecule has 1 saturated carbocycles. The van der Waals surface area contributed by atoms with Gasteiger partial charge in [-0.15, -0.1) is 0 Å². The molecule has 2 fully saturated rings. The molecule has 1 saturated heterocycles. The highest BCUT2D eigenvalue weighted by Gasteiger charge is 2.31. The molecule has 2 aliphatic rings. The van der Waals surface area contributed by atoms with E-state index in [0.717, 1.165) is 17.1 Å². The normalized spacial score (nSPS) is 15.8. The highest BCUT2D eigenvalue weighted by atomic mass is 35.5. The van der Waals surface area contributed by atoms with Crippen molar-refractivity contribution in [3.05, 3.63) is 70.0 Å². The number of morpholine rings is 1. The first-order valence-corrected chi connectivity index (χ1v) is 18.4. The van der Waals surface area contributed by atoms with Gasteiger partial charge in [0.05, 0.1) is 49.0 Å². The Morgan fingerprint density at radius 1 is 1.00 bits per heavy atom. The van der Waals surface area contributed by atoms with E-state index in [1.54, 1.807) is 0 Å². The topological polar surface area (TPSA) is 126 Å². The summed E-state index contributed by atoms with van der Waals surface area (Å²) in [5.41, 5.74) is 0.754. The number of hydrogen-bond donors (Lipinski definition) is 0. The van der Waals surface area contributed by atoms with Crippen molar-refractivity contribution in [2.45, 2.75) is 36.9 Å². The number of esters is 1. The maximum Gasteiger partial charge on any atom is 0.387 e. The van der Waals surface area contributed by atoms with Crippen molar-refractivity contribution in [3.63, 3.8) is 0 Å². The highest BCUT2D eigenvalue weighted by molar-refractivity contribution is 7.89. The number of aromatic nitrogens is 1. The Hall–Kier alpha value is -3.47. The van der Waals surface area contributed by atoms with Crippen LogP contribution in [0.25, 0.3) is 0 Å². The van der Waals surface area contributed by atoms with Crippen LogP contribution in [0.2, 0.25) is 10.0 Å². The van der Waals surface area contributed by atoms with Crippen molar-refractivity contribution in [1.82, 2.24) is 14.2 Å². The van der Waals surface area contributed by atoms with Crippen molar-refractivity contribution < 1.29 is 50.4 Å². The minimum absolute atomic E-state index is 0.0378. The standard InChI is InChI=1S/C34H39Cl2F2N3O9S/c1-45-28-8-6-24(16-31(28)46-2)51(43,44)41(10-9-40-11-13-47-14-12-40)20-33(42)49-30(17-25-26(35)18-39-19-27(25)36)23-5-7-29(50-34(37)38)32(15-23)48-21-22-3-4-22/h5-8,15-16,18-19,22,30,34H,3-4,9-14,17,20-21H2,1-2H3/t30-/m0/s1. The smallest absolute Gasteiger partial charge is 0.387 e. The molecule has 17 heteroatoms. The molecule has 2 heterocycles. The van der Waals surface area contributed by atoms with Gasteiger partial charge < -0.3 is 28.4 Å². The summed E-state index contributed by atoms with van der Waals surface area (Å²) in [6.07, 6.45) is 3.52. The van der Waals surface area contributed by atoms with E-state index in [-0.39, 0.29) is 45.2 Å². The Morgan fingerprint density at radius 3 is 2.33 bits per heavy atom. The fourth-order valence-electron chi connectivity index (χ4n) is 5.40. The molecule has 1 aliphatic heterocycles. The van der Waals surface area contributed by atoms with E-state index in [1.165, 1.54) is 63.0 Å². The van der Waals surface area contributed by atoms with Gasteiger partial charge in [-0.25, -0.2) is 8.42 Å². The van der Waals surface area contributed by atoms with E-state index in [4.69, 9.17) is 51.6 Å². The summed E-state index contributed by atoms with van der Waals surface area (Å²) in [7, 11) is -1.46. The van der Waals surface area contributed by atoms with Gasteiger partial charge in [-0.3, -0.25) is 14.7 Å². The van der Waals surface area contributed by atoms with Crippen LogP contribution >= 0.6 is 23.2 Å². The maximum absolute atomic E-state index is 14.1. The number of halogens is 4. The number of carbonyl (C=O) groups excluding carboxylic acids is 1. The van der Waals surface area contributed by atoms with E-state index in [0.29, 0.717) is 62.2 Å². The van der Waals surface area contributed by atoms with Gasteiger partial charge in [0.15, 0.2) is 23.0 Å². The molecule has 1 atom stereocenters. The zero-order valence-electron chi connectivity index (χ0n) is 28.1. The van der Waals surface area contributed by atoms with Gasteiger partial charge >= 0.3 is 12.6 Å². The molecule has 5 rings (SSSR count). The lowest BCUT2D eigenvalue weighted by molar-refractivity contribution is -0.149. The van der Waals surface area contributed by atoms with Gasteiger partial charge in [0.1, 0.15) is 12.6 Å². The molecule has 278 valence electrons. The van der Waals surface area contributed by atoms with E-state index in [9.17, 15) is 22.0 Å². The quantitative estimate of drug-likeness (QED) is 0.149. The summed E-state index contributed by atoms with van der Waals surface area (Å²) in [4.78, 5) is 19.7. The van der Waals surface area contributed by atoms with Gasteiger partial charge in [0.25, 0.3) is 0 Å². The summed E-state index contributed by atoms with van der Waals surface area (Å²) >= 11 is 12.9. The number of benzene rings is 2. The molecule has 51 heavy (non-hydrogen) atoms. The van der Waals surface area contributed by atoms with Crippen LogP contribution in [-0.4, -0.2) is 102 Å². The molecule has 1 aliphatic carbocycles. The molecule has 1 aromatic heterocycles. The van der Waals surface area contributed by atoms with Crippen molar-refractivity contribution in [2.75, 3.05) is 66.8 Å². The lowest BCUT2D eigenvalue weighted by Gasteiger charge is -2.30. The molecular weight excluding hydrogens is 735 g/mol. The summed E-state index contributed by atoms with van der Waals surface area (Å²) < 4.78 is 88.3. The van der Waals surface area contributed by atoms with Crippen molar-refractivity contribution in [2.24, 2.45) is 5.92 Å². The summed E-state index contributed by atoms with van der Waals surface area (Å²) in [5.74, 6) is -0.213. The second-order valence-corrected chi connectivity index (χ2v) is 14.7. The highest BCUT2D eigenvalue weighted by Crippen LogP contribution is 2.38. The second kappa shape index (κ2) is 17.8. The average molecular weight is 775 g/mol. The first-order chi connectivity index (χ1) is 24.5. The number of nitrogens with zero attached hydrogens (tertiary/aromatic N) is 3. The van der Waals surface area contributed by atoms with E-state index < -0.39 is 35.3 Å². The minimum atomic E-state index is -4.28. The van der Waals surface area contributed by atoms with E-state index in [2.05, 4.69) is 4.98 Å². The third-order valence-corrected chi connectivity index (χ3v) is 10.9. The lowest BCUT2D eigenvalue weighted by Crippen LogP contribution is -2.44. The molecule has 0 spiro atoms. The monoisotopic (exact) mass is 773 g/mol. The van der Waals surface area contributed by atoms with Crippen LogP contribution in [-0.2, 0) is 30.7 Å². The van der Waals surface area contributed by atoms with Gasteiger partial charge in [-0.05, 0) is 54.2 Å². The second-order valence-electron chi connectivity index (χ2n) is 11.9. The predicted molar refractivity (Wildman–Crippen MR) is 184 cm³/mol. The summed E-state index contributed by atoms with van der Waals surface area (Å²) in [6, 6.07) is 8.37. The Bertz CT molecular complexity index is 1740. The molecule has 2 aromatic carbocycles. The van der Waals surface area contributed by atoms with Gasteiger partial charge in [0, 0.05) is 51.1 Å². The zero-order chi connectivity index (χ0) is 36.5. The molecule has 12 nitrogen and oxygen atoms in total. The fraction of sp³-hybridized carbons (Fsp3) is 0.471. The first-order valence-electron chi connectivity index (χ1n) is 16.2. The van der Waals surface area contributed by atoms with Crippen molar-refractivity contribution >= 4 is 39.2 Å². The summed E-state index contributed by atoms with van der Waals surface area (Å²) in [6.45, 7) is -0.993. The number of pyridine rings is 1. The zero-order valence-corrected chi connectivity index (χ0v) is 30.4. The molecule has 0 amide bonds. The molecule has 0 unspecified atom stereocenters. The maximum atomic E-state index is 14.1. The number of carbonyl (C=O) groups is 1. The van der Waals surface area contributed by atoms with Gasteiger partial charge in [-0.2, -0.15) is 13.1 Å². The third kappa shape index (κ3) is 10.5. The van der Waals surface area contributed by atoms with Gasteiger partial charge in [0.2, 0.25) is 10.0 Å². The number of ether oxygens (including phenoxy) is 6. The fourth-order valence-corrected chi connectivity index (χ4v) is 7.31. The van der Waals surface area contributed by atoms with Gasteiger partial charge in [-0.1, -0.05) is 29.3 Å². The predicted octanol–water partition coefficient (Wildman–Crippen LogP) is 5.65. The molecule has 0 bridgehead atoms. The summed E-state index contributed by atoms with van der Waals surface area (Å²) in [5, 5.41) is 0.407. The molecular formula is C34H39Cl2F2N3O9S. The Morgan fingerprint density at radius 2 is 1.69 bits per heavy atom. The van der Waals surface area contributed by atoms with Crippen LogP contribution in [0, 0.1) is 5.92 Å². The Kier molecular flexibility index (Phi) is 13.6. The number of rotatable bonds is 18. The average Bonchev–Trinajstić information content (AvgIpc) is 3.95. The number of alkyl halides is 2. The van der Waals surface area contributed by atoms with E-state index >= 15 is 0 Å². The SMILES string of the molecule is COc1ccc(S(=O)(=O)N(CCN2CCOCC2)CC(=O)O[C@@H](Cc2c(Cl)cncc2Cl)c2ccc(OC(F)F)c(OCC3CC3)c2)cc1OC. The number of hydrogen-bond acceptors (Lipinski definition) is 11. The van der Waals surface area contributed by atoms with E-state index in [1.807, 2.05) is 4.90 Å². The molecule has 0 N–H and O–H groups in total. The van der Waals surface area contributed by atoms with Crippen LogP contribution in [0.3, 0.4) is 0 Å². The first kappa shape index (κ1) is 38.8. The minimum Gasteiger partial charge on any atom is -0.493 e. The third-order valence-electron chi connectivity index (χ3n) is 8.41. The number of sulfonamides is 1. The van der Waals surface area contributed by atoms with Crippen molar-refractivity contribution in [3.8, 4) is 23.0 Å². The van der Waals surface area contributed by atoms with Crippen LogP contribution in [0.5, 0.6) is 23.0 Å². The Labute approximate surface area is 305 Å².